The number of halogens is 1. The van der Waals surface area contributed by atoms with Gasteiger partial charge in [0, 0.05) is 0 Å². The number of allylic oxidation sites excluding steroid dienone is 2. The molecule has 1 N–H and O–H groups in total. The van der Waals surface area contributed by atoms with E-state index in [1.807, 2.05) is 0 Å². The van der Waals surface area contributed by atoms with Crippen LogP contribution in [0.2, 0.25) is 0 Å². The van der Waals surface area contributed by atoms with E-state index in [4.69, 9.17) is 16.7 Å². The zero-order valence-corrected chi connectivity index (χ0v) is 14.2. The molecule has 120 valence electrons. The lowest BCUT2D eigenvalue weighted by Crippen LogP contribution is -1.94. The van der Waals surface area contributed by atoms with Gasteiger partial charge in [0.2, 0.25) is 0 Å². The summed E-state index contributed by atoms with van der Waals surface area (Å²) in [6.45, 7) is 2.27. The van der Waals surface area contributed by atoms with E-state index in [9.17, 15) is 0 Å². The van der Waals surface area contributed by atoms with Gasteiger partial charge in [-0.1, -0.05) is 82.0 Å². The number of aliphatic hydroxyl groups excluding tert-OH is 1. The molecule has 0 aromatic heterocycles. The van der Waals surface area contributed by atoms with E-state index in [0.29, 0.717) is 0 Å². The van der Waals surface area contributed by atoms with Crippen molar-refractivity contribution >= 4 is 11.6 Å². The highest BCUT2D eigenvalue weighted by Gasteiger charge is 1.96. The van der Waals surface area contributed by atoms with Crippen molar-refractivity contribution in [1.82, 2.24) is 0 Å². The van der Waals surface area contributed by atoms with E-state index in [-0.39, 0.29) is 0 Å². The lowest BCUT2D eigenvalue weighted by molar-refractivity contribution is 0.240. The van der Waals surface area contributed by atoms with Gasteiger partial charge in [0.15, 0.2) is 0 Å². The number of unbranched alkanes of at least 4 members (excludes halogenated alkanes) is 11. The molecule has 0 fully saturated rings. The van der Waals surface area contributed by atoms with Crippen LogP contribution in [0, 0.1) is 0 Å². The van der Waals surface area contributed by atoms with Gasteiger partial charge in [-0.25, -0.2) is 0 Å². The predicted molar refractivity (Wildman–Crippen MR) is 91.3 cm³/mol. The largest absolute Gasteiger partial charge is 0.378 e. The molecule has 0 radical (unpaired) electrons. The molecule has 0 aromatic rings. The Hall–Kier alpha value is -0.0100. The monoisotopic (exact) mass is 302 g/mol. The van der Waals surface area contributed by atoms with Crippen LogP contribution in [0.4, 0.5) is 0 Å². The Morgan fingerprint density at radius 2 is 1.20 bits per heavy atom. The first-order valence-electron chi connectivity index (χ1n) is 8.74. The van der Waals surface area contributed by atoms with Crippen LogP contribution in [0.1, 0.15) is 96.8 Å². The molecule has 0 aliphatic carbocycles. The topological polar surface area (TPSA) is 20.2 Å². The predicted octanol–water partition coefficient (Wildman–Crippen LogP) is 6.58. The van der Waals surface area contributed by atoms with E-state index in [1.54, 1.807) is 0 Å². The third kappa shape index (κ3) is 18.0. The summed E-state index contributed by atoms with van der Waals surface area (Å²) in [6.07, 6.45) is 22.4. The SMILES string of the molecule is CCCCCCCCC=CCCCCCCCC(O)Cl. The van der Waals surface area contributed by atoms with Gasteiger partial charge < -0.3 is 5.11 Å². The molecule has 1 nitrogen and oxygen atoms in total. The third-order valence-corrected chi connectivity index (χ3v) is 3.92. The molecule has 0 heterocycles. The maximum atomic E-state index is 8.91. The van der Waals surface area contributed by atoms with E-state index in [0.717, 1.165) is 12.8 Å². The minimum absolute atomic E-state index is 0.639. The maximum Gasteiger partial charge on any atom is 0.128 e. The van der Waals surface area contributed by atoms with Gasteiger partial charge in [-0.2, -0.15) is 0 Å². The Labute approximate surface area is 131 Å². The zero-order valence-electron chi connectivity index (χ0n) is 13.5. The van der Waals surface area contributed by atoms with Crippen molar-refractivity contribution in [3.05, 3.63) is 12.2 Å². The van der Waals surface area contributed by atoms with Crippen LogP contribution in [0.3, 0.4) is 0 Å². The van der Waals surface area contributed by atoms with Gasteiger partial charge in [0.05, 0.1) is 0 Å². The van der Waals surface area contributed by atoms with Gasteiger partial charge >= 0.3 is 0 Å². The Kier molecular flexibility index (Phi) is 17.0. The van der Waals surface area contributed by atoms with Crippen LogP contribution < -0.4 is 0 Å². The van der Waals surface area contributed by atoms with Crippen LogP contribution in [-0.2, 0) is 0 Å². The zero-order chi connectivity index (χ0) is 14.9. The molecule has 2 heteroatoms. The Balaban J connectivity index is 3.05. The Bertz CT molecular complexity index is 202. The molecule has 0 aromatic carbocycles. The average Bonchev–Trinajstić information content (AvgIpc) is 2.43. The lowest BCUT2D eigenvalue weighted by atomic mass is 10.1. The maximum absolute atomic E-state index is 8.91. The first kappa shape index (κ1) is 20.0. The smallest absolute Gasteiger partial charge is 0.128 e. The number of alkyl halides is 1. The van der Waals surface area contributed by atoms with E-state index in [2.05, 4.69) is 19.1 Å². The second-order valence-electron chi connectivity index (χ2n) is 5.81. The molecule has 20 heavy (non-hydrogen) atoms. The highest BCUT2D eigenvalue weighted by molar-refractivity contribution is 6.19. The quantitative estimate of drug-likeness (QED) is 0.206. The van der Waals surface area contributed by atoms with Crippen LogP contribution in [0.15, 0.2) is 12.2 Å². The molecule has 0 amide bonds. The number of hydrogen-bond donors (Lipinski definition) is 1. The first-order valence-corrected chi connectivity index (χ1v) is 9.18. The Morgan fingerprint density at radius 1 is 0.750 bits per heavy atom. The number of rotatable bonds is 15. The fourth-order valence-corrected chi connectivity index (χ4v) is 2.54. The van der Waals surface area contributed by atoms with Gasteiger partial charge in [0.25, 0.3) is 0 Å². The van der Waals surface area contributed by atoms with Crippen molar-refractivity contribution < 1.29 is 5.11 Å². The van der Waals surface area contributed by atoms with Gasteiger partial charge in [0.1, 0.15) is 5.56 Å². The van der Waals surface area contributed by atoms with Crippen molar-refractivity contribution in [2.24, 2.45) is 0 Å². The second kappa shape index (κ2) is 17.0. The minimum atomic E-state index is -0.639. The van der Waals surface area contributed by atoms with Crippen LogP contribution in [0.5, 0.6) is 0 Å². The summed E-state index contributed by atoms with van der Waals surface area (Å²) in [5, 5.41) is 8.91. The molecule has 0 aliphatic rings. The van der Waals surface area contributed by atoms with Crippen LogP contribution >= 0.6 is 11.6 Å². The molecule has 0 spiro atoms. The van der Waals surface area contributed by atoms with Gasteiger partial charge in [-0.05, 0) is 38.5 Å². The summed E-state index contributed by atoms with van der Waals surface area (Å²) in [6, 6.07) is 0. The second-order valence-corrected chi connectivity index (χ2v) is 6.31. The summed E-state index contributed by atoms with van der Waals surface area (Å²) in [5.41, 5.74) is -0.639. The summed E-state index contributed by atoms with van der Waals surface area (Å²) < 4.78 is 0. The summed E-state index contributed by atoms with van der Waals surface area (Å²) in [5.74, 6) is 0. The summed E-state index contributed by atoms with van der Waals surface area (Å²) >= 11 is 5.48. The van der Waals surface area contributed by atoms with Gasteiger partial charge in [-0.3, -0.25) is 0 Å². The van der Waals surface area contributed by atoms with Gasteiger partial charge in [-0.15, -0.1) is 0 Å². The molecule has 1 atom stereocenters. The van der Waals surface area contributed by atoms with Crippen molar-refractivity contribution in [3.8, 4) is 0 Å². The molecule has 0 rings (SSSR count). The normalized spacial score (nSPS) is 13.2. The third-order valence-electron chi connectivity index (χ3n) is 3.70. The lowest BCUT2D eigenvalue weighted by Gasteiger charge is -2.01. The Morgan fingerprint density at radius 3 is 1.70 bits per heavy atom. The first-order chi connectivity index (χ1) is 9.77. The minimum Gasteiger partial charge on any atom is -0.378 e. The van der Waals surface area contributed by atoms with E-state index >= 15 is 0 Å². The molecule has 0 saturated carbocycles. The highest BCUT2D eigenvalue weighted by atomic mass is 35.5. The average molecular weight is 303 g/mol. The summed E-state index contributed by atoms with van der Waals surface area (Å²) in [4.78, 5) is 0. The molecule has 0 saturated heterocycles. The molecule has 0 aliphatic heterocycles. The van der Waals surface area contributed by atoms with E-state index < -0.39 is 5.56 Å². The fourth-order valence-electron chi connectivity index (χ4n) is 2.38. The number of hydrogen-bond acceptors (Lipinski definition) is 1. The molecular formula is C18H35ClO. The van der Waals surface area contributed by atoms with Crippen molar-refractivity contribution in [2.75, 3.05) is 0 Å². The van der Waals surface area contributed by atoms with Crippen molar-refractivity contribution in [3.63, 3.8) is 0 Å². The summed E-state index contributed by atoms with van der Waals surface area (Å²) in [7, 11) is 0. The molecule has 1 unspecified atom stereocenters. The standard InChI is InChI=1S/C18H35ClO/c1-2-3-4-5-6-7-8-9-10-11-12-13-14-15-16-17-18(19)20/h9-10,18,20H,2-8,11-17H2,1H3. The molecular weight excluding hydrogens is 268 g/mol. The fraction of sp³-hybridized carbons (Fsp3) is 0.889. The van der Waals surface area contributed by atoms with Crippen LogP contribution in [0.25, 0.3) is 0 Å². The highest BCUT2D eigenvalue weighted by Crippen LogP contribution is 2.11. The van der Waals surface area contributed by atoms with Crippen LogP contribution in [-0.4, -0.2) is 10.7 Å². The van der Waals surface area contributed by atoms with Crippen molar-refractivity contribution in [1.29, 1.82) is 0 Å². The van der Waals surface area contributed by atoms with E-state index in [1.165, 1.54) is 77.0 Å². The number of aliphatic hydroxyl groups is 1. The molecule has 0 bridgehead atoms. The van der Waals surface area contributed by atoms with Crippen molar-refractivity contribution in [2.45, 2.75) is 102 Å².